The number of aryl methyl sites for hydroxylation is 1. The molecule has 0 saturated carbocycles. The lowest BCUT2D eigenvalue weighted by Crippen LogP contribution is -2.40. The fraction of sp³-hybridized carbons (Fsp3) is 0.545. The van der Waals surface area contributed by atoms with Crippen molar-refractivity contribution in [3.8, 4) is 5.75 Å². The Labute approximate surface area is 154 Å². The van der Waals surface area contributed by atoms with E-state index in [1.807, 2.05) is 6.07 Å². The minimum absolute atomic E-state index is 0.0753. The van der Waals surface area contributed by atoms with E-state index in [0.29, 0.717) is 5.75 Å². The highest BCUT2D eigenvalue weighted by Gasteiger charge is 2.29. The monoisotopic (exact) mass is 358 g/mol. The van der Waals surface area contributed by atoms with Gasteiger partial charge in [0, 0.05) is 0 Å². The van der Waals surface area contributed by atoms with Crippen molar-refractivity contribution in [1.82, 2.24) is 0 Å². The van der Waals surface area contributed by atoms with Crippen LogP contribution in [0.4, 0.5) is 0 Å². The van der Waals surface area contributed by atoms with Gasteiger partial charge in [-0.05, 0) is 52.1 Å². The van der Waals surface area contributed by atoms with E-state index in [9.17, 15) is 5.11 Å². The molecule has 0 spiro atoms. The smallest absolute Gasteiger partial charge is 0.126 e. The van der Waals surface area contributed by atoms with E-state index in [1.165, 1.54) is 10.9 Å². The first kappa shape index (κ1) is 19.8. The normalized spacial score (nSPS) is 13.3. The Morgan fingerprint density at radius 1 is 0.960 bits per heavy atom. The van der Waals surface area contributed by atoms with Crippen LogP contribution >= 0.6 is 0 Å². The van der Waals surface area contributed by atoms with E-state index in [0.717, 1.165) is 23.6 Å². The van der Waals surface area contributed by atoms with Crippen molar-refractivity contribution in [3.63, 3.8) is 0 Å². The van der Waals surface area contributed by atoms with Crippen LogP contribution in [0.15, 0.2) is 34.9 Å². The van der Waals surface area contributed by atoms with Gasteiger partial charge < -0.3 is 9.52 Å². The molecule has 0 aliphatic rings. The molecule has 25 heavy (non-hydrogen) atoms. The molecule has 1 heterocycles. The van der Waals surface area contributed by atoms with Gasteiger partial charge in [0.1, 0.15) is 13.8 Å². The number of rotatable bonds is 4. The van der Waals surface area contributed by atoms with Gasteiger partial charge in [-0.3, -0.25) is 0 Å². The van der Waals surface area contributed by atoms with Gasteiger partial charge in [0.05, 0.1) is 11.6 Å². The summed E-state index contributed by atoms with van der Waals surface area (Å²) in [6.45, 7) is 17.7. The second-order valence-electron chi connectivity index (χ2n) is 9.90. The molecule has 1 aromatic heterocycles. The van der Waals surface area contributed by atoms with Crippen molar-refractivity contribution in [3.05, 3.63) is 47.2 Å². The van der Waals surface area contributed by atoms with Crippen LogP contribution in [0.2, 0.25) is 19.1 Å². The number of hydrogen-bond acceptors (Lipinski definition) is 2. The third-order valence-corrected chi connectivity index (χ3v) is 8.13. The Morgan fingerprint density at radius 2 is 1.48 bits per heavy atom. The number of aromatic hydroxyl groups is 1. The first-order valence-corrected chi connectivity index (χ1v) is 12.4. The van der Waals surface area contributed by atoms with Crippen molar-refractivity contribution in [1.29, 1.82) is 0 Å². The summed E-state index contributed by atoms with van der Waals surface area (Å²) in [5.41, 5.74) is 3.27. The summed E-state index contributed by atoms with van der Waals surface area (Å²) in [5.74, 6) is 0.464. The maximum Gasteiger partial charge on any atom is 0.126 e. The fourth-order valence-corrected chi connectivity index (χ4v) is 5.32. The van der Waals surface area contributed by atoms with Gasteiger partial charge in [-0.2, -0.15) is 0 Å². The summed E-state index contributed by atoms with van der Waals surface area (Å²) in [5, 5.41) is 12.0. The van der Waals surface area contributed by atoms with Crippen molar-refractivity contribution < 1.29 is 9.52 Å². The van der Waals surface area contributed by atoms with Gasteiger partial charge in [-0.1, -0.05) is 66.8 Å². The lowest BCUT2D eigenvalue weighted by Gasteiger charge is -2.29. The highest BCUT2D eigenvalue weighted by Crippen LogP contribution is 2.40. The van der Waals surface area contributed by atoms with Gasteiger partial charge in [0.15, 0.2) is 0 Å². The van der Waals surface area contributed by atoms with E-state index in [4.69, 9.17) is 4.42 Å². The van der Waals surface area contributed by atoms with Crippen molar-refractivity contribution in [2.45, 2.75) is 77.9 Å². The Hall–Kier alpha value is -1.48. The molecule has 1 N–H and O–H groups in total. The van der Waals surface area contributed by atoms with E-state index in [1.54, 1.807) is 6.26 Å². The number of phenolic OH excluding ortho intramolecular Hbond substituents is 1. The average molecular weight is 359 g/mol. The van der Waals surface area contributed by atoms with Crippen molar-refractivity contribution in [2.75, 3.05) is 0 Å². The van der Waals surface area contributed by atoms with E-state index in [2.05, 4.69) is 72.8 Å². The van der Waals surface area contributed by atoms with E-state index in [-0.39, 0.29) is 10.8 Å². The molecule has 138 valence electrons. The number of phenols is 1. The van der Waals surface area contributed by atoms with Gasteiger partial charge in [-0.15, -0.1) is 0 Å². The summed E-state index contributed by atoms with van der Waals surface area (Å²) in [6, 6.07) is 9.65. The molecule has 1 aromatic carbocycles. The third-order valence-electron chi connectivity index (χ3n) is 5.01. The van der Waals surface area contributed by atoms with E-state index < -0.39 is 8.07 Å². The van der Waals surface area contributed by atoms with Crippen LogP contribution in [0, 0.1) is 0 Å². The van der Waals surface area contributed by atoms with Crippen LogP contribution in [-0.2, 0) is 17.3 Å². The highest BCUT2D eigenvalue weighted by molar-refractivity contribution is 6.88. The van der Waals surface area contributed by atoms with Crippen LogP contribution in [0.1, 0.15) is 58.2 Å². The fourth-order valence-electron chi connectivity index (χ4n) is 3.23. The largest absolute Gasteiger partial charge is 0.507 e. The SMILES string of the molecule is CC(C)(C)c1cc(CC[Si](C)(C)c2ccco2)cc(C(C)(C)C)c1O. The molecule has 0 saturated heterocycles. The summed E-state index contributed by atoms with van der Waals surface area (Å²) in [7, 11) is -1.58. The molecule has 0 unspecified atom stereocenters. The lowest BCUT2D eigenvalue weighted by atomic mass is 9.78. The lowest BCUT2D eigenvalue weighted by molar-refractivity contribution is 0.422. The Balaban J connectivity index is 2.38. The standard InChI is InChI=1S/C22H34O2Si/c1-21(2,3)17-14-16(15-18(20(17)23)22(4,5)6)11-13-25(7,8)19-10-9-12-24-19/h9-10,12,14-15,23H,11,13H2,1-8H3. The molecule has 0 radical (unpaired) electrons. The number of furan rings is 1. The molecule has 2 aromatic rings. The topological polar surface area (TPSA) is 33.4 Å². The zero-order chi connectivity index (χ0) is 19.0. The molecule has 0 bridgehead atoms. The predicted molar refractivity (Wildman–Crippen MR) is 110 cm³/mol. The second-order valence-corrected chi connectivity index (χ2v) is 14.7. The molecule has 0 aliphatic heterocycles. The van der Waals surface area contributed by atoms with Crippen molar-refractivity contribution >= 4 is 13.5 Å². The first-order chi connectivity index (χ1) is 11.3. The third kappa shape index (κ3) is 4.57. The summed E-state index contributed by atoms with van der Waals surface area (Å²) in [6.07, 6.45) is 2.80. The molecule has 0 amide bonds. The van der Waals surface area contributed by atoms with Crippen LogP contribution in [-0.4, -0.2) is 13.2 Å². The Morgan fingerprint density at radius 3 is 1.88 bits per heavy atom. The minimum Gasteiger partial charge on any atom is -0.507 e. The number of benzene rings is 1. The summed E-state index contributed by atoms with van der Waals surface area (Å²) >= 11 is 0. The van der Waals surface area contributed by atoms with Gasteiger partial charge in [0.25, 0.3) is 0 Å². The summed E-state index contributed by atoms with van der Waals surface area (Å²) < 4.78 is 5.68. The molecule has 0 atom stereocenters. The first-order valence-electron chi connectivity index (χ1n) is 9.23. The minimum atomic E-state index is -1.58. The maximum atomic E-state index is 10.9. The molecule has 0 aliphatic carbocycles. The zero-order valence-electron chi connectivity index (χ0n) is 17.2. The Bertz CT molecular complexity index is 678. The molecule has 2 rings (SSSR count). The predicted octanol–water partition coefficient (Wildman–Crippen LogP) is 5.74. The van der Waals surface area contributed by atoms with Crippen LogP contribution in [0.25, 0.3) is 0 Å². The highest BCUT2D eigenvalue weighted by atomic mass is 28.3. The second kappa shape index (κ2) is 6.68. The van der Waals surface area contributed by atoms with Crippen LogP contribution < -0.4 is 5.38 Å². The summed E-state index contributed by atoms with van der Waals surface area (Å²) in [4.78, 5) is 0. The molecular weight excluding hydrogens is 324 g/mol. The van der Waals surface area contributed by atoms with Crippen molar-refractivity contribution in [2.24, 2.45) is 0 Å². The van der Waals surface area contributed by atoms with Crippen LogP contribution in [0.5, 0.6) is 5.75 Å². The Kier molecular flexibility index (Phi) is 5.30. The molecule has 0 fully saturated rings. The van der Waals surface area contributed by atoms with Crippen LogP contribution in [0.3, 0.4) is 0 Å². The van der Waals surface area contributed by atoms with Gasteiger partial charge in [0.2, 0.25) is 0 Å². The molecule has 3 heteroatoms. The number of hydrogen-bond donors (Lipinski definition) is 1. The van der Waals surface area contributed by atoms with Gasteiger partial charge in [-0.25, -0.2) is 0 Å². The molecule has 2 nitrogen and oxygen atoms in total. The quantitative estimate of drug-likeness (QED) is 0.707. The van der Waals surface area contributed by atoms with E-state index >= 15 is 0 Å². The average Bonchev–Trinajstić information content (AvgIpc) is 2.98. The zero-order valence-corrected chi connectivity index (χ0v) is 18.2. The molecular formula is C22H34O2Si. The maximum absolute atomic E-state index is 10.9. The van der Waals surface area contributed by atoms with Gasteiger partial charge >= 0.3 is 0 Å².